The molecule has 2 atom stereocenters. The molecule has 15 heavy (non-hydrogen) atoms. The molecule has 0 aromatic carbocycles. The number of morpholine rings is 1. The number of hydrogen-bond donors (Lipinski definition) is 1. The van der Waals surface area contributed by atoms with Crippen LogP contribution < -0.4 is 5.32 Å². The van der Waals surface area contributed by atoms with Crippen molar-refractivity contribution in [1.29, 1.82) is 0 Å². The molecule has 0 bridgehead atoms. The molecule has 1 aliphatic rings. The second-order valence-electron chi connectivity index (χ2n) is 4.42. The minimum absolute atomic E-state index is 0.357. The molecule has 1 fully saturated rings. The molecule has 3 heteroatoms. The number of ether oxygens (including phenoxy) is 1. The Kier molecular flexibility index (Phi) is 5.29. The van der Waals surface area contributed by atoms with Crippen LogP contribution in [0.3, 0.4) is 0 Å². The lowest BCUT2D eigenvalue weighted by Gasteiger charge is -2.38. The van der Waals surface area contributed by atoms with Crippen LogP contribution >= 0.6 is 0 Å². The zero-order valence-electron chi connectivity index (χ0n) is 10.3. The lowest BCUT2D eigenvalue weighted by atomic mass is 10.1. The summed E-state index contributed by atoms with van der Waals surface area (Å²) in [6.07, 6.45) is 1.51. The van der Waals surface area contributed by atoms with E-state index in [4.69, 9.17) is 4.74 Å². The molecule has 0 aromatic rings. The van der Waals surface area contributed by atoms with Crippen LogP contribution in [0.4, 0.5) is 0 Å². The van der Waals surface area contributed by atoms with Crippen LogP contribution in [0.2, 0.25) is 0 Å². The van der Waals surface area contributed by atoms with Crippen molar-refractivity contribution in [2.75, 3.05) is 33.3 Å². The first-order valence-electron chi connectivity index (χ1n) is 5.84. The SMILES string of the molecule is C=C(CNC)CN1CC(C)OCC1CC. The Bertz CT molecular complexity index is 206. The molecular formula is C12H24N2O. The fraction of sp³-hybridized carbons (Fsp3) is 0.833. The summed E-state index contributed by atoms with van der Waals surface area (Å²) in [4.78, 5) is 2.49. The van der Waals surface area contributed by atoms with Crippen molar-refractivity contribution in [2.45, 2.75) is 32.4 Å². The van der Waals surface area contributed by atoms with Gasteiger partial charge >= 0.3 is 0 Å². The monoisotopic (exact) mass is 212 g/mol. The quantitative estimate of drug-likeness (QED) is 0.694. The zero-order chi connectivity index (χ0) is 11.3. The number of likely N-dealkylation sites (N-methyl/N-ethyl adjacent to an activating group) is 1. The van der Waals surface area contributed by atoms with Crippen LogP contribution in [0.25, 0.3) is 0 Å². The minimum atomic E-state index is 0.357. The summed E-state index contributed by atoms with van der Waals surface area (Å²) in [5, 5.41) is 3.14. The number of nitrogens with zero attached hydrogens (tertiary/aromatic N) is 1. The van der Waals surface area contributed by atoms with Gasteiger partial charge in [0.15, 0.2) is 0 Å². The molecule has 0 spiro atoms. The topological polar surface area (TPSA) is 24.5 Å². The van der Waals surface area contributed by atoms with E-state index in [2.05, 4.69) is 30.6 Å². The van der Waals surface area contributed by atoms with Gasteiger partial charge in [0.2, 0.25) is 0 Å². The molecule has 2 unspecified atom stereocenters. The van der Waals surface area contributed by atoms with E-state index in [9.17, 15) is 0 Å². The van der Waals surface area contributed by atoms with Gasteiger partial charge in [0.1, 0.15) is 0 Å². The number of rotatable bonds is 5. The van der Waals surface area contributed by atoms with Crippen LogP contribution in [-0.4, -0.2) is 50.3 Å². The van der Waals surface area contributed by atoms with Gasteiger partial charge in [-0.1, -0.05) is 13.5 Å². The van der Waals surface area contributed by atoms with E-state index in [1.54, 1.807) is 0 Å². The Morgan fingerprint density at radius 2 is 2.33 bits per heavy atom. The summed E-state index contributed by atoms with van der Waals surface area (Å²) in [6, 6.07) is 0.565. The van der Waals surface area contributed by atoms with Crippen LogP contribution in [-0.2, 0) is 4.74 Å². The molecule has 0 aromatic heterocycles. The lowest BCUT2D eigenvalue weighted by Crippen LogP contribution is -2.49. The van der Waals surface area contributed by atoms with E-state index in [0.717, 1.165) is 32.7 Å². The van der Waals surface area contributed by atoms with E-state index in [0.29, 0.717) is 12.1 Å². The average molecular weight is 212 g/mol. The Labute approximate surface area is 93.5 Å². The highest BCUT2D eigenvalue weighted by molar-refractivity contribution is 5.01. The molecule has 1 rings (SSSR count). The standard InChI is InChI=1S/C12H24N2O/c1-5-12-9-15-11(3)8-14(12)7-10(2)6-13-4/h11-13H,2,5-9H2,1,3-4H3. The summed E-state index contributed by atoms with van der Waals surface area (Å²) in [7, 11) is 1.96. The minimum Gasteiger partial charge on any atom is -0.376 e. The second kappa shape index (κ2) is 6.26. The smallest absolute Gasteiger partial charge is 0.0674 e. The molecule has 0 radical (unpaired) electrons. The average Bonchev–Trinajstić information content (AvgIpc) is 2.18. The van der Waals surface area contributed by atoms with E-state index < -0.39 is 0 Å². The lowest BCUT2D eigenvalue weighted by molar-refractivity contribution is -0.0522. The van der Waals surface area contributed by atoms with Crippen molar-refractivity contribution in [3.63, 3.8) is 0 Å². The molecule has 3 nitrogen and oxygen atoms in total. The maximum Gasteiger partial charge on any atom is 0.0674 e. The van der Waals surface area contributed by atoms with Crippen molar-refractivity contribution >= 4 is 0 Å². The predicted octanol–water partition coefficient (Wildman–Crippen LogP) is 1.26. The maximum absolute atomic E-state index is 5.67. The molecule has 0 saturated carbocycles. The van der Waals surface area contributed by atoms with Gasteiger partial charge in [-0.2, -0.15) is 0 Å². The van der Waals surface area contributed by atoms with Crippen LogP contribution in [0.5, 0.6) is 0 Å². The van der Waals surface area contributed by atoms with Gasteiger partial charge < -0.3 is 10.1 Å². The molecule has 1 N–H and O–H groups in total. The third kappa shape index (κ3) is 3.93. The number of nitrogens with one attached hydrogen (secondary N) is 1. The Morgan fingerprint density at radius 1 is 1.60 bits per heavy atom. The Hall–Kier alpha value is -0.380. The fourth-order valence-electron chi connectivity index (χ4n) is 2.08. The third-order valence-corrected chi connectivity index (χ3v) is 2.91. The van der Waals surface area contributed by atoms with Gasteiger partial charge in [0.05, 0.1) is 12.7 Å². The first-order chi connectivity index (χ1) is 7.17. The van der Waals surface area contributed by atoms with Gasteiger partial charge in [-0.15, -0.1) is 0 Å². The van der Waals surface area contributed by atoms with Crippen molar-refractivity contribution in [2.24, 2.45) is 0 Å². The normalized spacial score (nSPS) is 27.9. The molecule has 1 saturated heterocycles. The number of hydrogen-bond acceptors (Lipinski definition) is 3. The Balaban J connectivity index is 2.44. The Morgan fingerprint density at radius 3 is 2.93 bits per heavy atom. The van der Waals surface area contributed by atoms with E-state index >= 15 is 0 Å². The molecular weight excluding hydrogens is 188 g/mol. The zero-order valence-corrected chi connectivity index (χ0v) is 10.3. The van der Waals surface area contributed by atoms with E-state index in [-0.39, 0.29) is 0 Å². The highest BCUT2D eigenvalue weighted by Crippen LogP contribution is 2.15. The van der Waals surface area contributed by atoms with Gasteiger partial charge in [0, 0.05) is 25.7 Å². The molecule has 1 aliphatic heterocycles. The van der Waals surface area contributed by atoms with Gasteiger partial charge in [-0.05, 0) is 26.0 Å². The van der Waals surface area contributed by atoms with Crippen LogP contribution in [0.15, 0.2) is 12.2 Å². The molecule has 88 valence electrons. The second-order valence-corrected chi connectivity index (χ2v) is 4.42. The summed E-state index contributed by atoms with van der Waals surface area (Å²) >= 11 is 0. The largest absolute Gasteiger partial charge is 0.376 e. The van der Waals surface area contributed by atoms with E-state index in [1.165, 1.54) is 5.57 Å². The van der Waals surface area contributed by atoms with E-state index in [1.807, 2.05) is 7.05 Å². The summed E-state index contributed by atoms with van der Waals surface area (Å²) in [5.74, 6) is 0. The highest BCUT2D eigenvalue weighted by Gasteiger charge is 2.25. The van der Waals surface area contributed by atoms with Gasteiger partial charge in [-0.25, -0.2) is 0 Å². The van der Waals surface area contributed by atoms with Crippen molar-refractivity contribution in [3.05, 3.63) is 12.2 Å². The van der Waals surface area contributed by atoms with Crippen molar-refractivity contribution in [1.82, 2.24) is 10.2 Å². The first-order valence-corrected chi connectivity index (χ1v) is 5.84. The van der Waals surface area contributed by atoms with Gasteiger partial charge in [0.25, 0.3) is 0 Å². The predicted molar refractivity (Wildman–Crippen MR) is 64.1 cm³/mol. The van der Waals surface area contributed by atoms with Crippen LogP contribution in [0, 0.1) is 0 Å². The maximum atomic E-state index is 5.67. The third-order valence-electron chi connectivity index (χ3n) is 2.91. The molecule has 1 heterocycles. The summed E-state index contributed by atoms with van der Waals surface area (Å²) in [6.45, 7) is 12.2. The molecule has 0 amide bonds. The fourth-order valence-corrected chi connectivity index (χ4v) is 2.08. The van der Waals surface area contributed by atoms with Crippen molar-refractivity contribution in [3.8, 4) is 0 Å². The van der Waals surface area contributed by atoms with Gasteiger partial charge in [-0.3, -0.25) is 4.90 Å². The highest BCUT2D eigenvalue weighted by atomic mass is 16.5. The summed E-state index contributed by atoms with van der Waals surface area (Å²) < 4.78 is 5.67. The van der Waals surface area contributed by atoms with Crippen molar-refractivity contribution < 1.29 is 4.74 Å². The van der Waals surface area contributed by atoms with Crippen LogP contribution in [0.1, 0.15) is 20.3 Å². The molecule has 0 aliphatic carbocycles. The summed E-state index contributed by atoms with van der Waals surface area (Å²) in [5.41, 5.74) is 1.25. The first kappa shape index (κ1) is 12.7.